The predicted octanol–water partition coefficient (Wildman–Crippen LogP) is 2.23. The van der Waals surface area contributed by atoms with E-state index in [9.17, 15) is 0 Å². The van der Waals surface area contributed by atoms with Gasteiger partial charge in [-0.25, -0.2) is 0 Å². The zero-order valence-corrected chi connectivity index (χ0v) is 12.1. The molecule has 3 nitrogen and oxygen atoms in total. The molecular formula is C16H23N3. The quantitative estimate of drug-likeness (QED) is 0.850. The molecule has 1 aliphatic heterocycles. The number of likely N-dealkylation sites (N-methyl/N-ethyl adjacent to an activating group) is 1. The first-order valence-electron chi connectivity index (χ1n) is 7.07. The number of rotatable bonds is 1. The van der Waals surface area contributed by atoms with E-state index >= 15 is 0 Å². The molecule has 3 heteroatoms. The fourth-order valence-electron chi connectivity index (χ4n) is 3.53. The number of hydrogen-bond donors (Lipinski definition) is 1. The molecular weight excluding hydrogens is 234 g/mol. The maximum Gasteiger partial charge on any atom is 0.0482 e. The van der Waals surface area contributed by atoms with E-state index in [1.165, 1.54) is 22.2 Å². The van der Waals surface area contributed by atoms with Gasteiger partial charge in [-0.1, -0.05) is 18.2 Å². The fraction of sp³-hybridized carbons (Fsp3) is 0.500. The second-order valence-electron chi connectivity index (χ2n) is 5.90. The molecule has 0 spiro atoms. The van der Waals surface area contributed by atoms with Gasteiger partial charge in [-0.2, -0.15) is 0 Å². The van der Waals surface area contributed by atoms with Crippen molar-refractivity contribution in [3.63, 3.8) is 0 Å². The van der Waals surface area contributed by atoms with Crippen LogP contribution in [-0.4, -0.2) is 35.6 Å². The van der Waals surface area contributed by atoms with Gasteiger partial charge < -0.3 is 15.2 Å². The SMILES string of the molecule is Cc1c(C2CCN(C)CC2N)c2ccccc2n1C. The Hall–Kier alpha value is -1.32. The number of fused-ring (bicyclic) bond motifs is 1. The van der Waals surface area contributed by atoms with Gasteiger partial charge in [0.25, 0.3) is 0 Å². The molecule has 1 aliphatic rings. The zero-order chi connectivity index (χ0) is 13.6. The fourth-order valence-corrected chi connectivity index (χ4v) is 3.53. The summed E-state index contributed by atoms with van der Waals surface area (Å²) in [5.41, 5.74) is 10.6. The van der Waals surface area contributed by atoms with Crippen LogP contribution in [0.2, 0.25) is 0 Å². The van der Waals surface area contributed by atoms with Crippen LogP contribution in [0.4, 0.5) is 0 Å². The lowest BCUT2D eigenvalue weighted by atomic mass is 9.84. The number of hydrogen-bond acceptors (Lipinski definition) is 2. The van der Waals surface area contributed by atoms with Gasteiger partial charge in [0.1, 0.15) is 0 Å². The van der Waals surface area contributed by atoms with Crippen LogP contribution in [0.5, 0.6) is 0 Å². The molecule has 0 amide bonds. The molecule has 0 radical (unpaired) electrons. The number of nitrogens with two attached hydrogens (primary N) is 1. The monoisotopic (exact) mass is 257 g/mol. The highest BCUT2D eigenvalue weighted by molar-refractivity contribution is 5.86. The van der Waals surface area contributed by atoms with Crippen molar-refractivity contribution in [3.8, 4) is 0 Å². The van der Waals surface area contributed by atoms with Crippen molar-refractivity contribution in [2.45, 2.75) is 25.3 Å². The summed E-state index contributed by atoms with van der Waals surface area (Å²) in [5.74, 6) is 0.488. The molecule has 2 aromatic rings. The third kappa shape index (κ3) is 1.97. The van der Waals surface area contributed by atoms with Crippen molar-refractivity contribution in [1.29, 1.82) is 0 Å². The highest BCUT2D eigenvalue weighted by Crippen LogP contribution is 2.36. The van der Waals surface area contributed by atoms with Crippen molar-refractivity contribution < 1.29 is 0 Å². The van der Waals surface area contributed by atoms with Crippen LogP contribution in [0.3, 0.4) is 0 Å². The average Bonchev–Trinajstić information content (AvgIpc) is 2.64. The van der Waals surface area contributed by atoms with Gasteiger partial charge in [-0.3, -0.25) is 0 Å². The minimum Gasteiger partial charge on any atom is -0.348 e. The number of aryl methyl sites for hydroxylation is 1. The molecule has 1 aromatic heterocycles. The minimum absolute atomic E-state index is 0.239. The van der Waals surface area contributed by atoms with Crippen molar-refractivity contribution in [1.82, 2.24) is 9.47 Å². The largest absolute Gasteiger partial charge is 0.348 e. The minimum atomic E-state index is 0.239. The van der Waals surface area contributed by atoms with E-state index in [2.05, 4.69) is 54.8 Å². The van der Waals surface area contributed by atoms with Crippen LogP contribution in [0.25, 0.3) is 10.9 Å². The Morgan fingerprint density at radius 2 is 1.95 bits per heavy atom. The van der Waals surface area contributed by atoms with Gasteiger partial charge in [-0.05, 0) is 38.6 Å². The van der Waals surface area contributed by atoms with Crippen LogP contribution in [-0.2, 0) is 7.05 Å². The van der Waals surface area contributed by atoms with Gasteiger partial charge in [-0.15, -0.1) is 0 Å². The van der Waals surface area contributed by atoms with Gasteiger partial charge in [0, 0.05) is 42.1 Å². The normalized spacial score (nSPS) is 25.1. The predicted molar refractivity (Wildman–Crippen MR) is 80.5 cm³/mol. The first-order chi connectivity index (χ1) is 9.09. The molecule has 0 saturated carbocycles. The average molecular weight is 257 g/mol. The summed E-state index contributed by atoms with van der Waals surface area (Å²) in [6, 6.07) is 8.92. The first-order valence-corrected chi connectivity index (χ1v) is 7.07. The number of aromatic nitrogens is 1. The van der Waals surface area contributed by atoms with E-state index < -0.39 is 0 Å². The molecule has 1 saturated heterocycles. The summed E-state index contributed by atoms with van der Waals surface area (Å²) in [4.78, 5) is 2.33. The Morgan fingerprint density at radius 1 is 1.21 bits per heavy atom. The third-order valence-corrected chi connectivity index (χ3v) is 4.68. The molecule has 102 valence electrons. The maximum atomic E-state index is 6.42. The Morgan fingerprint density at radius 3 is 2.68 bits per heavy atom. The molecule has 3 rings (SSSR count). The molecule has 1 aromatic carbocycles. The van der Waals surface area contributed by atoms with Gasteiger partial charge in [0.15, 0.2) is 0 Å². The van der Waals surface area contributed by atoms with Crippen LogP contribution in [0.1, 0.15) is 23.6 Å². The van der Waals surface area contributed by atoms with Gasteiger partial charge >= 0.3 is 0 Å². The second-order valence-corrected chi connectivity index (χ2v) is 5.90. The third-order valence-electron chi connectivity index (χ3n) is 4.68. The second kappa shape index (κ2) is 4.66. The number of piperidine rings is 1. The lowest BCUT2D eigenvalue weighted by Crippen LogP contribution is -2.45. The van der Waals surface area contributed by atoms with E-state index in [0.717, 1.165) is 19.5 Å². The summed E-state index contributed by atoms with van der Waals surface area (Å²) in [7, 11) is 4.31. The van der Waals surface area contributed by atoms with Gasteiger partial charge in [0.2, 0.25) is 0 Å². The summed E-state index contributed by atoms with van der Waals surface area (Å²) in [5, 5.41) is 1.38. The lowest BCUT2D eigenvalue weighted by Gasteiger charge is -2.35. The van der Waals surface area contributed by atoms with Crippen LogP contribution in [0, 0.1) is 6.92 Å². The van der Waals surface area contributed by atoms with Crippen LogP contribution < -0.4 is 5.73 Å². The standard InChI is InChI=1S/C16H23N3/c1-11-16(12-8-9-18(2)10-14(12)17)13-6-4-5-7-15(13)19(11)3/h4-7,12,14H,8-10,17H2,1-3H3. The highest BCUT2D eigenvalue weighted by Gasteiger charge is 2.29. The molecule has 2 atom stereocenters. The van der Waals surface area contributed by atoms with Crippen molar-refractivity contribution in [3.05, 3.63) is 35.5 Å². The number of nitrogens with zero attached hydrogens (tertiary/aromatic N) is 2. The molecule has 1 fully saturated rings. The van der Waals surface area contributed by atoms with E-state index in [0.29, 0.717) is 5.92 Å². The topological polar surface area (TPSA) is 34.2 Å². The summed E-state index contributed by atoms with van der Waals surface area (Å²) in [6.45, 7) is 4.36. The summed E-state index contributed by atoms with van der Waals surface area (Å²) < 4.78 is 2.30. The smallest absolute Gasteiger partial charge is 0.0482 e. The van der Waals surface area contributed by atoms with Crippen LogP contribution >= 0.6 is 0 Å². The number of likely N-dealkylation sites (tertiary alicyclic amines) is 1. The molecule has 0 aliphatic carbocycles. The Kier molecular flexibility index (Phi) is 3.11. The Bertz CT molecular complexity index is 599. The van der Waals surface area contributed by atoms with Crippen molar-refractivity contribution in [2.24, 2.45) is 12.8 Å². The molecule has 2 heterocycles. The zero-order valence-electron chi connectivity index (χ0n) is 12.1. The number of benzene rings is 1. The lowest BCUT2D eigenvalue weighted by molar-refractivity contribution is 0.228. The van der Waals surface area contributed by atoms with E-state index in [1.54, 1.807) is 0 Å². The van der Waals surface area contributed by atoms with Crippen molar-refractivity contribution in [2.75, 3.05) is 20.1 Å². The molecule has 2 N–H and O–H groups in total. The van der Waals surface area contributed by atoms with E-state index in [-0.39, 0.29) is 6.04 Å². The highest BCUT2D eigenvalue weighted by atomic mass is 15.1. The maximum absolute atomic E-state index is 6.42. The van der Waals surface area contributed by atoms with E-state index in [1.807, 2.05) is 0 Å². The summed E-state index contributed by atoms with van der Waals surface area (Å²) in [6.07, 6.45) is 1.16. The Labute approximate surface area is 115 Å². The summed E-state index contributed by atoms with van der Waals surface area (Å²) >= 11 is 0. The van der Waals surface area contributed by atoms with Crippen LogP contribution in [0.15, 0.2) is 24.3 Å². The molecule has 2 unspecified atom stereocenters. The molecule has 19 heavy (non-hydrogen) atoms. The number of para-hydroxylation sites is 1. The van der Waals surface area contributed by atoms with E-state index in [4.69, 9.17) is 5.73 Å². The van der Waals surface area contributed by atoms with Crippen molar-refractivity contribution >= 4 is 10.9 Å². The molecule has 0 bridgehead atoms. The first kappa shape index (κ1) is 12.7. The van der Waals surface area contributed by atoms with Gasteiger partial charge in [0.05, 0.1) is 0 Å². The Balaban J connectivity index is 2.12.